The van der Waals surface area contributed by atoms with Crippen LogP contribution < -0.4 is 16.8 Å². The number of alkyl halides is 3. The van der Waals surface area contributed by atoms with Crippen LogP contribution in [0.3, 0.4) is 0 Å². The number of amides is 2. The number of carbonyl (C=O) groups excluding carboxylic acids is 5. The van der Waals surface area contributed by atoms with E-state index in [1.165, 1.54) is 38.3 Å². The zero-order valence-corrected chi connectivity index (χ0v) is 27.5. The summed E-state index contributed by atoms with van der Waals surface area (Å²) < 4.78 is 45.6. The van der Waals surface area contributed by atoms with Crippen molar-refractivity contribution in [1.29, 1.82) is 0 Å². The number of unbranched alkanes of at least 4 members (excludes halogenated alkanes) is 7. The molecule has 5 N–H and O–H groups in total. The molecule has 0 aliphatic heterocycles. The Hall–Kier alpha value is -3.28. The van der Waals surface area contributed by atoms with Gasteiger partial charge < -0.3 is 21.5 Å². The van der Waals surface area contributed by atoms with Crippen LogP contribution in [0, 0.1) is 18.8 Å². The Balaban J connectivity index is 2.94. The van der Waals surface area contributed by atoms with Gasteiger partial charge in [-0.15, -0.1) is 0 Å². The van der Waals surface area contributed by atoms with Crippen LogP contribution in [0.4, 0.5) is 13.2 Å². The topological polar surface area (TPSA) is 159 Å². The molecule has 0 saturated carbocycles. The van der Waals surface area contributed by atoms with Crippen LogP contribution in [-0.4, -0.2) is 48.5 Å². The predicted molar refractivity (Wildman–Crippen MR) is 170 cm³/mol. The minimum absolute atomic E-state index is 0.0381. The van der Waals surface area contributed by atoms with Crippen molar-refractivity contribution < 1.29 is 41.9 Å². The Morgan fingerprint density at radius 3 is 2.13 bits per heavy atom. The van der Waals surface area contributed by atoms with Gasteiger partial charge in [0.25, 0.3) is 0 Å². The van der Waals surface area contributed by atoms with Crippen molar-refractivity contribution in [3.05, 3.63) is 34.9 Å². The highest BCUT2D eigenvalue weighted by Crippen LogP contribution is 2.33. The summed E-state index contributed by atoms with van der Waals surface area (Å²) in [5.41, 5.74) is 9.07. The average Bonchev–Trinajstić information content (AvgIpc) is 2.99. The molecule has 46 heavy (non-hydrogen) atoms. The number of hydrogen-bond acceptors (Lipinski definition) is 7. The highest BCUT2D eigenvalue weighted by Gasteiger charge is 2.37. The average molecular weight is 656 g/mol. The first-order valence-electron chi connectivity index (χ1n) is 16.4. The maximum absolute atomic E-state index is 13.5. The summed E-state index contributed by atoms with van der Waals surface area (Å²) in [4.78, 5) is 63.8. The monoisotopic (exact) mass is 655 g/mol. The Kier molecular flexibility index (Phi) is 19.0. The van der Waals surface area contributed by atoms with Gasteiger partial charge in [-0.25, -0.2) is 4.79 Å². The third kappa shape index (κ3) is 15.3. The Labute approximate surface area is 270 Å². The van der Waals surface area contributed by atoms with Gasteiger partial charge in [-0.2, -0.15) is 13.2 Å². The van der Waals surface area contributed by atoms with Crippen LogP contribution in [0.25, 0.3) is 0 Å². The van der Waals surface area contributed by atoms with Gasteiger partial charge in [0.1, 0.15) is 0 Å². The molecule has 0 radical (unpaired) electrons. The van der Waals surface area contributed by atoms with Crippen molar-refractivity contribution >= 4 is 29.4 Å². The lowest BCUT2D eigenvalue weighted by molar-refractivity contribution is -0.138. The molecule has 1 aromatic rings. The molecule has 3 atom stereocenters. The molecule has 0 aromatic heterocycles. The Morgan fingerprint density at radius 2 is 1.52 bits per heavy atom. The maximum atomic E-state index is 13.5. The Bertz CT molecular complexity index is 1140. The lowest BCUT2D eigenvalue weighted by atomic mass is 9.89. The number of hydrogen-bond donors (Lipinski definition) is 3. The molecule has 0 aliphatic carbocycles. The molecule has 0 spiro atoms. The number of halogens is 3. The van der Waals surface area contributed by atoms with Gasteiger partial charge in [-0.1, -0.05) is 77.3 Å². The minimum atomic E-state index is -4.81. The standard InChI is InChI=1S/C34H52F3N3O6/c1-4-5-6-7-8-9-10-14-24(3)32(44)40-27(18-19-30(39)43)28(41)21-25(16-11-12-20-38)29(42)22-46-33(45)31-23(2)15-13-17-26(31)34(35,36)37/h13,15,17,24-25,27H,4-12,14,16,18-22,38H2,1-3H3,(H2,39,43)(H,40,44)/t24?,25-,27?/m1/s1. The molecule has 0 heterocycles. The summed E-state index contributed by atoms with van der Waals surface area (Å²) in [7, 11) is 0. The van der Waals surface area contributed by atoms with E-state index in [1.54, 1.807) is 6.92 Å². The van der Waals surface area contributed by atoms with Crippen LogP contribution in [0.1, 0.15) is 125 Å². The summed E-state index contributed by atoms with van der Waals surface area (Å²) in [5.74, 6) is -4.74. The van der Waals surface area contributed by atoms with Crippen LogP contribution in [0.2, 0.25) is 0 Å². The lowest BCUT2D eigenvalue weighted by Gasteiger charge is -2.22. The van der Waals surface area contributed by atoms with E-state index in [2.05, 4.69) is 12.2 Å². The molecule has 2 amide bonds. The van der Waals surface area contributed by atoms with Crippen molar-refractivity contribution in [3.8, 4) is 0 Å². The van der Waals surface area contributed by atoms with Gasteiger partial charge in [-0.05, 0) is 50.8 Å². The summed E-state index contributed by atoms with van der Waals surface area (Å²) in [6.45, 7) is 4.76. The number of benzene rings is 1. The van der Waals surface area contributed by atoms with Gasteiger partial charge in [0, 0.05) is 24.7 Å². The fraction of sp³-hybridized carbons (Fsp3) is 0.676. The second kappa shape index (κ2) is 21.5. The first-order valence-corrected chi connectivity index (χ1v) is 16.4. The number of primary amides is 1. The number of carbonyl (C=O) groups is 5. The van der Waals surface area contributed by atoms with E-state index >= 15 is 0 Å². The highest BCUT2D eigenvalue weighted by atomic mass is 19.4. The van der Waals surface area contributed by atoms with Gasteiger partial charge in [0.2, 0.25) is 11.8 Å². The zero-order valence-electron chi connectivity index (χ0n) is 27.5. The molecule has 12 heteroatoms. The third-order valence-corrected chi connectivity index (χ3v) is 8.11. The third-order valence-electron chi connectivity index (χ3n) is 8.11. The van der Waals surface area contributed by atoms with Crippen molar-refractivity contribution in [2.45, 2.75) is 123 Å². The van der Waals surface area contributed by atoms with E-state index in [-0.39, 0.29) is 43.1 Å². The summed E-state index contributed by atoms with van der Waals surface area (Å²) in [6, 6.07) is 2.20. The molecular weight excluding hydrogens is 603 g/mol. The second-order valence-corrected chi connectivity index (χ2v) is 12.1. The minimum Gasteiger partial charge on any atom is -0.454 e. The molecule has 2 unspecified atom stereocenters. The van der Waals surface area contributed by atoms with Crippen LogP contribution >= 0.6 is 0 Å². The van der Waals surface area contributed by atoms with Crippen molar-refractivity contribution in [2.24, 2.45) is 23.3 Å². The lowest BCUT2D eigenvalue weighted by Crippen LogP contribution is -2.44. The van der Waals surface area contributed by atoms with Crippen molar-refractivity contribution in [1.82, 2.24) is 5.32 Å². The molecule has 0 bridgehead atoms. The predicted octanol–water partition coefficient (Wildman–Crippen LogP) is 5.97. The Morgan fingerprint density at radius 1 is 0.891 bits per heavy atom. The SMILES string of the molecule is CCCCCCCCCC(C)C(=O)NC(CCC(N)=O)C(=O)C[C@@H](CCCCN)C(=O)COC(=O)c1c(C)cccc1C(F)(F)F. The van der Waals surface area contributed by atoms with E-state index in [9.17, 15) is 37.1 Å². The van der Waals surface area contributed by atoms with Crippen molar-refractivity contribution in [2.75, 3.05) is 13.2 Å². The van der Waals surface area contributed by atoms with E-state index in [0.717, 1.165) is 31.7 Å². The summed E-state index contributed by atoms with van der Waals surface area (Å²) >= 11 is 0. The van der Waals surface area contributed by atoms with E-state index in [4.69, 9.17) is 16.2 Å². The van der Waals surface area contributed by atoms with Gasteiger partial charge >= 0.3 is 12.1 Å². The smallest absolute Gasteiger partial charge is 0.417 e. The quantitative estimate of drug-likeness (QED) is 0.0914. The molecule has 260 valence electrons. The molecular formula is C34H52F3N3O6. The van der Waals surface area contributed by atoms with Gasteiger partial charge in [-0.3, -0.25) is 19.2 Å². The molecule has 9 nitrogen and oxygen atoms in total. The second-order valence-electron chi connectivity index (χ2n) is 12.1. The number of aryl methyl sites for hydroxylation is 1. The maximum Gasteiger partial charge on any atom is 0.417 e. The summed E-state index contributed by atoms with van der Waals surface area (Å²) in [6.07, 6.45) is 4.22. The molecule has 1 rings (SSSR count). The number of nitrogens with one attached hydrogen (secondary N) is 1. The van der Waals surface area contributed by atoms with Crippen LogP contribution in [0.15, 0.2) is 18.2 Å². The fourth-order valence-corrected chi connectivity index (χ4v) is 5.25. The van der Waals surface area contributed by atoms with Crippen LogP contribution in [-0.2, 0) is 30.1 Å². The number of nitrogens with two attached hydrogens (primary N) is 2. The van der Waals surface area contributed by atoms with E-state index < -0.39 is 59.3 Å². The summed E-state index contributed by atoms with van der Waals surface area (Å²) in [5, 5.41) is 2.73. The molecule has 0 saturated heterocycles. The van der Waals surface area contributed by atoms with E-state index in [1.807, 2.05) is 0 Å². The van der Waals surface area contributed by atoms with Gasteiger partial charge in [0.05, 0.1) is 17.2 Å². The largest absolute Gasteiger partial charge is 0.454 e. The molecule has 0 fully saturated rings. The van der Waals surface area contributed by atoms with Crippen LogP contribution in [0.5, 0.6) is 0 Å². The van der Waals surface area contributed by atoms with Gasteiger partial charge in [0.15, 0.2) is 18.2 Å². The first kappa shape index (κ1) is 40.7. The number of ether oxygens (including phenoxy) is 1. The number of esters is 1. The fourth-order valence-electron chi connectivity index (χ4n) is 5.25. The number of ketones is 2. The first-order chi connectivity index (χ1) is 21.7. The molecule has 0 aliphatic rings. The highest BCUT2D eigenvalue weighted by molar-refractivity contribution is 5.96. The number of rotatable bonds is 24. The zero-order chi connectivity index (χ0) is 34.7. The normalized spacial score (nSPS) is 13.5. The molecule has 1 aromatic carbocycles. The number of Topliss-reactive ketones (excluding diaryl/α,β-unsaturated/α-hetero) is 2. The van der Waals surface area contributed by atoms with Crippen molar-refractivity contribution in [3.63, 3.8) is 0 Å². The van der Waals surface area contributed by atoms with E-state index in [0.29, 0.717) is 25.8 Å².